The summed E-state index contributed by atoms with van der Waals surface area (Å²) in [4.78, 5) is 10.8. The van der Waals surface area contributed by atoms with Gasteiger partial charge in [-0.25, -0.2) is 0 Å². The molecule has 1 aromatic heterocycles. The van der Waals surface area contributed by atoms with Gasteiger partial charge in [0.1, 0.15) is 0 Å². The van der Waals surface area contributed by atoms with E-state index in [1.165, 1.54) is 10.4 Å². The first kappa shape index (κ1) is 18.9. The van der Waals surface area contributed by atoms with Crippen LogP contribution in [0.25, 0.3) is 0 Å². The molecule has 0 saturated carbocycles. The number of rotatable bonds is 8. The van der Waals surface area contributed by atoms with Crippen LogP contribution in [-0.2, 0) is 13.0 Å². The number of nitrogens with zero attached hydrogens (tertiary/aromatic N) is 3. The molecule has 0 atom stereocenters. The van der Waals surface area contributed by atoms with Crippen LogP contribution in [0.5, 0.6) is 0 Å². The predicted molar refractivity (Wildman–Crippen MR) is 111 cm³/mol. The van der Waals surface area contributed by atoms with E-state index in [9.17, 15) is 0 Å². The lowest BCUT2D eigenvalue weighted by Crippen LogP contribution is -2.46. The zero-order chi connectivity index (χ0) is 18.0. The number of hydrogen-bond acceptors (Lipinski definition) is 4. The van der Waals surface area contributed by atoms with Crippen molar-refractivity contribution in [2.45, 2.75) is 13.0 Å². The first-order chi connectivity index (χ1) is 12.8. The molecule has 0 bridgehead atoms. The lowest BCUT2D eigenvalue weighted by molar-refractivity contribution is 0.130. The molecule has 3 N–H and O–H groups in total. The Kier molecular flexibility index (Phi) is 7.49. The molecule has 3 rings (SSSR count). The van der Waals surface area contributed by atoms with E-state index in [4.69, 9.17) is 5.73 Å². The zero-order valence-electron chi connectivity index (χ0n) is 15.3. The minimum atomic E-state index is 0.560. The Morgan fingerprint density at radius 2 is 1.81 bits per heavy atom. The summed E-state index contributed by atoms with van der Waals surface area (Å²) in [5.41, 5.74) is 7.35. The first-order valence-corrected chi connectivity index (χ1v) is 10.2. The van der Waals surface area contributed by atoms with E-state index < -0.39 is 0 Å². The summed E-state index contributed by atoms with van der Waals surface area (Å²) in [6.07, 6.45) is 0.997. The van der Waals surface area contributed by atoms with E-state index in [1.54, 1.807) is 11.3 Å². The van der Waals surface area contributed by atoms with Crippen LogP contribution in [0, 0.1) is 0 Å². The molecule has 5 nitrogen and oxygen atoms in total. The minimum Gasteiger partial charge on any atom is -0.370 e. The molecule has 26 heavy (non-hydrogen) atoms. The van der Waals surface area contributed by atoms with Gasteiger partial charge in [-0.15, -0.1) is 11.3 Å². The number of nitrogens with one attached hydrogen (secondary N) is 1. The second-order valence-corrected chi connectivity index (χ2v) is 7.66. The third-order valence-electron chi connectivity index (χ3n) is 4.67. The normalized spacial score (nSPS) is 16.7. The van der Waals surface area contributed by atoms with Crippen molar-refractivity contribution >= 4 is 17.3 Å². The monoisotopic (exact) mass is 371 g/mol. The summed E-state index contributed by atoms with van der Waals surface area (Å²) in [5, 5.41) is 5.30. The maximum atomic E-state index is 5.95. The van der Waals surface area contributed by atoms with Crippen LogP contribution in [0.2, 0.25) is 0 Å². The molecule has 0 aliphatic carbocycles. The maximum absolute atomic E-state index is 5.95. The Morgan fingerprint density at radius 1 is 1.04 bits per heavy atom. The van der Waals surface area contributed by atoms with Crippen LogP contribution in [0.3, 0.4) is 0 Å². The molecular weight excluding hydrogens is 342 g/mol. The number of benzene rings is 1. The van der Waals surface area contributed by atoms with E-state index in [0.29, 0.717) is 5.96 Å². The molecule has 140 valence electrons. The standard InChI is InChI=1S/C20H29N5S/c21-20(22-9-8-19-7-4-16-26-19)23-10-11-24-12-14-25(15-13-24)17-18-5-2-1-3-6-18/h1-7,16H,8-15,17H2,(H3,21,22,23). The van der Waals surface area contributed by atoms with Crippen molar-refractivity contribution in [1.82, 2.24) is 15.1 Å². The van der Waals surface area contributed by atoms with E-state index >= 15 is 0 Å². The largest absolute Gasteiger partial charge is 0.370 e. The van der Waals surface area contributed by atoms with Gasteiger partial charge in [0, 0.05) is 50.7 Å². The van der Waals surface area contributed by atoms with Crippen LogP contribution in [0.4, 0.5) is 0 Å². The fourth-order valence-corrected chi connectivity index (χ4v) is 3.86. The Balaban J connectivity index is 1.28. The Bertz CT molecular complexity index is 648. The molecule has 1 saturated heterocycles. The highest BCUT2D eigenvalue weighted by Gasteiger charge is 2.16. The Labute approximate surface area is 160 Å². The van der Waals surface area contributed by atoms with Crippen molar-refractivity contribution in [3.63, 3.8) is 0 Å². The SMILES string of the molecule is NC(=NCCN1CCN(Cc2ccccc2)CC1)NCCc1cccs1. The highest BCUT2D eigenvalue weighted by Crippen LogP contribution is 2.09. The molecule has 2 heterocycles. The predicted octanol–water partition coefficient (Wildman–Crippen LogP) is 2.01. The van der Waals surface area contributed by atoms with Crippen LogP contribution < -0.4 is 11.1 Å². The van der Waals surface area contributed by atoms with E-state index in [-0.39, 0.29) is 0 Å². The lowest BCUT2D eigenvalue weighted by Gasteiger charge is -2.34. The van der Waals surface area contributed by atoms with E-state index in [2.05, 4.69) is 68.0 Å². The number of thiophene rings is 1. The van der Waals surface area contributed by atoms with Gasteiger partial charge < -0.3 is 11.1 Å². The van der Waals surface area contributed by atoms with Crippen molar-refractivity contribution in [3.8, 4) is 0 Å². The number of guanidine groups is 1. The van der Waals surface area contributed by atoms with Gasteiger partial charge >= 0.3 is 0 Å². The number of nitrogens with two attached hydrogens (primary N) is 1. The van der Waals surface area contributed by atoms with Crippen molar-refractivity contribution in [2.75, 3.05) is 45.8 Å². The average Bonchev–Trinajstić information content (AvgIpc) is 3.18. The second kappa shape index (κ2) is 10.3. The third kappa shape index (κ3) is 6.44. The first-order valence-electron chi connectivity index (χ1n) is 9.34. The summed E-state index contributed by atoms with van der Waals surface area (Å²) in [5.74, 6) is 0.560. The molecule has 1 aliphatic heterocycles. The molecular formula is C20H29N5S. The molecule has 0 spiro atoms. The van der Waals surface area contributed by atoms with E-state index in [0.717, 1.165) is 58.8 Å². The number of piperazine rings is 1. The molecule has 0 radical (unpaired) electrons. The van der Waals surface area contributed by atoms with Gasteiger partial charge in [0.25, 0.3) is 0 Å². The number of hydrogen-bond donors (Lipinski definition) is 2. The Morgan fingerprint density at radius 3 is 2.54 bits per heavy atom. The topological polar surface area (TPSA) is 56.9 Å². The fraction of sp³-hybridized carbons (Fsp3) is 0.450. The van der Waals surface area contributed by atoms with Crippen molar-refractivity contribution in [2.24, 2.45) is 10.7 Å². The molecule has 1 fully saturated rings. The van der Waals surface area contributed by atoms with E-state index in [1.807, 2.05) is 0 Å². The second-order valence-electron chi connectivity index (χ2n) is 6.63. The van der Waals surface area contributed by atoms with Crippen LogP contribution in [-0.4, -0.2) is 61.6 Å². The van der Waals surface area contributed by atoms with Gasteiger partial charge in [0.05, 0.1) is 6.54 Å². The summed E-state index contributed by atoms with van der Waals surface area (Å²) < 4.78 is 0. The van der Waals surface area contributed by atoms with Gasteiger partial charge in [-0.2, -0.15) is 0 Å². The smallest absolute Gasteiger partial charge is 0.188 e. The lowest BCUT2D eigenvalue weighted by atomic mass is 10.2. The molecule has 1 aliphatic rings. The highest BCUT2D eigenvalue weighted by molar-refractivity contribution is 7.09. The molecule has 0 unspecified atom stereocenters. The molecule has 0 amide bonds. The summed E-state index contributed by atoms with van der Waals surface area (Å²) in [6, 6.07) is 14.9. The summed E-state index contributed by atoms with van der Waals surface area (Å²) in [7, 11) is 0. The Hall–Kier alpha value is -1.89. The average molecular weight is 372 g/mol. The molecule has 2 aromatic rings. The van der Waals surface area contributed by atoms with Crippen molar-refractivity contribution in [3.05, 3.63) is 58.3 Å². The molecule has 1 aromatic carbocycles. The quantitative estimate of drug-likeness (QED) is 0.551. The van der Waals surface area contributed by atoms with Gasteiger partial charge in [-0.3, -0.25) is 14.8 Å². The zero-order valence-corrected chi connectivity index (χ0v) is 16.1. The van der Waals surface area contributed by atoms with Gasteiger partial charge in [0.2, 0.25) is 0 Å². The van der Waals surface area contributed by atoms with Crippen LogP contribution in [0.1, 0.15) is 10.4 Å². The third-order valence-corrected chi connectivity index (χ3v) is 5.61. The van der Waals surface area contributed by atoms with Crippen molar-refractivity contribution in [1.29, 1.82) is 0 Å². The van der Waals surface area contributed by atoms with Gasteiger partial charge in [-0.1, -0.05) is 36.4 Å². The van der Waals surface area contributed by atoms with Crippen LogP contribution >= 0.6 is 11.3 Å². The van der Waals surface area contributed by atoms with Crippen LogP contribution in [0.15, 0.2) is 52.8 Å². The summed E-state index contributed by atoms with van der Waals surface area (Å²) >= 11 is 1.78. The molecule has 6 heteroatoms. The van der Waals surface area contributed by atoms with Crippen molar-refractivity contribution < 1.29 is 0 Å². The van der Waals surface area contributed by atoms with Gasteiger partial charge in [0.15, 0.2) is 5.96 Å². The summed E-state index contributed by atoms with van der Waals surface area (Å²) in [6.45, 7) is 8.08. The highest BCUT2D eigenvalue weighted by atomic mass is 32.1. The maximum Gasteiger partial charge on any atom is 0.188 e. The minimum absolute atomic E-state index is 0.560. The van der Waals surface area contributed by atoms with Gasteiger partial charge in [-0.05, 0) is 23.4 Å². The fourth-order valence-electron chi connectivity index (χ4n) is 3.15. The number of aliphatic imine (C=N–C) groups is 1.